The van der Waals surface area contributed by atoms with E-state index in [2.05, 4.69) is 10.6 Å². The molecule has 0 bridgehead atoms. The van der Waals surface area contributed by atoms with E-state index in [1.165, 1.54) is 12.8 Å². The minimum atomic E-state index is 0.111. The SMILES string of the molecule is CC(=O)c1cccc(NCCNC2CC2)c1. The molecule has 1 saturated carbocycles. The van der Waals surface area contributed by atoms with Gasteiger partial charge >= 0.3 is 0 Å². The third-order valence-electron chi connectivity index (χ3n) is 2.73. The van der Waals surface area contributed by atoms with Crippen molar-refractivity contribution in [3.8, 4) is 0 Å². The van der Waals surface area contributed by atoms with Gasteiger partial charge < -0.3 is 10.6 Å². The number of hydrogen-bond donors (Lipinski definition) is 2. The van der Waals surface area contributed by atoms with Crippen LogP contribution >= 0.6 is 0 Å². The van der Waals surface area contributed by atoms with E-state index in [-0.39, 0.29) is 5.78 Å². The molecule has 3 nitrogen and oxygen atoms in total. The van der Waals surface area contributed by atoms with Crippen LogP contribution in [0.25, 0.3) is 0 Å². The van der Waals surface area contributed by atoms with Crippen molar-refractivity contribution < 1.29 is 4.79 Å². The predicted octanol–water partition coefficient (Wildman–Crippen LogP) is 2.05. The fourth-order valence-corrected chi connectivity index (χ4v) is 1.62. The molecule has 0 spiro atoms. The lowest BCUT2D eigenvalue weighted by Gasteiger charge is -2.07. The first kappa shape index (κ1) is 11.1. The van der Waals surface area contributed by atoms with Gasteiger partial charge in [0.05, 0.1) is 0 Å². The van der Waals surface area contributed by atoms with Crippen molar-refractivity contribution in [2.24, 2.45) is 0 Å². The van der Waals surface area contributed by atoms with Gasteiger partial charge in [0.15, 0.2) is 5.78 Å². The Kier molecular flexibility index (Phi) is 3.57. The highest BCUT2D eigenvalue weighted by Crippen LogP contribution is 2.18. The molecule has 1 aromatic rings. The van der Waals surface area contributed by atoms with Gasteiger partial charge in [-0.15, -0.1) is 0 Å². The minimum Gasteiger partial charge on any atom is -0.384 e. The molecule has 0 atom stereocenters. The van der Waals surface area contributed by atoms with E-state index in [1.54, 1.807) is 6.92 Å². The van der Waals surface area contributed by atoms with Crippen LogP contribution in [-0.4, -0.2) is 24.9 Å². The lowest BCUT2D eigenvalue weighted by molar-refractivity contribution is 0.101. The maximum absolute atomic E-state index is 11.2. The van der Waals surface area contributed by atoms with Crippen molar-refractivity contribution in [3.05, 3.63) is 29.8 Å². The summed E-state index contributed by atoms with van der Waals surface area (Å²) in [5.41, 5.74) is 1.78. The van der Waals surface area contributed by atoms with Crippen LogP contribution in [0.5, 0.6) is 0 Å². The Morgan fingerprint density at radius 1 is 1.38 bits per heavy atom. The van der Waals surface area contributed by atoms with Gasteiger partial charge in [0.1, 0.15) is 0 Å². The summed E-state index contributed by atoms with van der Waals surface area (Å²) in [7, 11) is 0. The second kappa shape index (κ2) is 5.12. The van der Waals surface area contributed by atoms with Gasteiger partial charge in [0, 0.05) is 30.4 Å². The molecule has 0 amide bonds. The largest absolute Gasteiger partial charge is 0.384 e. The van der Waals surface area contributed by atoms with E-state index in [0.29, 0.717) is 0 Å². The standard InChI is InChI=1S/C13H18N2O/c1-10(16)11-3-2-4-13(9-11)15-8-7-14-12-5-6-12/h2-4,9,12,14-15H,5-8H2,1H3. The number of hydrogen-bond acceptors (Lipinski definition) is 3. The van der Waals surface area contributed by atoms with Crippen LogP contribution < -0.4 is 10.6 Å². The molecule has 1 fully saturated rings. The number of carbonyl (C=O) groups is 1. The molecule has 1 aromatic carbocycles. The summed E-state index contributed by atoms with van der Waals surface area (Å²) in [6.45, 7) is 3.47. The smallest absolute Gasteiger partial charge is 0.159 e. The molecule has 0 heterocycles. The number of ketones is 1. The van der Waals surface area contributed by atoms with Gasteiger partial charge in [-0.05, 0) is 31.9 Å². The number of anilines is 1. The van der Waals surface area contributed by atoms with E-state index >= 15 is 0 Å². The number of Topliss-reactive ketones (excluding diaryl/α,β-unsaturated/α-hetero) is 1. The second-order valence-electron chi connectivity index (χ2n) is 4.29. The number of carbonyl (C=O) groups excluding carboxylic acids is 1. The average molecular weight is 218 g/mol. The Balaban J connectivity index is 1.78. The molecule has 86 valence electrons. The Labute approximate surface area is 96.2 Å². The zero-order valence-corrected chi connectivity index (χ0v) is 9.62. The summed E-state index contributed by atoms with van der Waals surface area (Å²) in [5, 5.41) is 6.74. The Morgan fingerprint density at radius 3 is 2.88 bits per heavy atom. The van der Waals surface area contributed by atoms with Crippen molar-refractivity contribution in [1.82, 2.24) is 5.32 Å². The van der Waals surface area contributed by atoms with Crippen LogP contribution in [0.1, 0.15) is 30.1 Å². The van der Waals surface area contributed by atoms with Crippen LogP contribution in [0, 0.1) is 0 Å². The highest BCUT2D eigenvalue weighted by Gasteiger charge is 2.19. The lowest BCUT2D eigenvalue weighted by atomic mass is 10.1. The molecule has 1 aliphatic carbocycles. The van der Waals surface area contributed by atoms with E-state index < -0.39 is 0 Å². The summed E-state index contributed by atoms with van der Waals surface area (Å²) in [6, 6.07) is 8.40. The third kappa shape index (κ3) is 3.35. The van der Waals surface area contributed by atoms with Crippen molar-refractivity contribution >= 4 is 11.5 Å². The van der Waals surface area contributed by atoms with E-state index in [0.717, 1.165) is 30.4 Å². The summed E-state index contributed by atoms with van der Waals surface area (Å²) in [5.74, 6) is 0.111. The zero-order chi connectivity index (χ0) is 11.4. The fraction of sp³-hybridized carbons (Fsp3) is 0.462. The van der Waals surface area contributed by atoms with Crippen molar-refractivity contribution in [1.29, 1.82) is 0 Å². The van der Waals surface area contributed by atoms with Gasteiger partial charge in [-0.1, -0.05) is 12.1 Å². The second-order valence-corrected chi connectivity index (χ2v) is 4.29. The first-order chi connectivity index (χ1) is 7.75. The van der Waals surface area contributed by atoms with Crippen LogP contribution in [0.15, 0.2) is 24.3 Å². The van der Waals surface area contributed by atoms with E-state index in [1.807, 2.05) is 24.3 Å². The van der Waals surface area contributed by atoms with Gasteiger partial charge in [-0.2, -0.15) is 0 Å². The molecule has 0 saturated heterocycles. The van der Waals surface area contributed by atoms with Crippen molar-refractivity contribution in [2.75, 3.05) is 18.4 Å². The van der Waals surface area contributed by atoms with Crippen LogP contribution in [0.2, 0.25) is 0 Å². The van der Waals surface area contributed by atoms with Gasteiger partial charge in [-0.3, -0.25) is 4.79 Å². The number of rotatable bonds is 6. The topological polar surface area (TPSA) is 41.1 Å². The summed E-state index contributed by atoms with van der Waals surface area (Å²) < 4.78 is 0. The fourth-order valence-electron chi connectivity index (χ4n) is 1.62. The van der Waals surface area contributed by atoms with Crippen molar-refractivity contribution in [3.63, 3.8) is 0 Å². The summed E-state index contributed by atoms with van der Waals surface area (Å²) in [6.07, 6.45) is 2.64. The zero-order valence-electron chi connectivity index (χ0n) is 9.62. The monoisotopic (exact) mass is 218 g/mol. The van der Waals surface area contributed by atoms with Crippen LogP contribution in [0.3, 0.4) is 0 Å². The molecule has 2 N–H and O–H groups in total. The van der Waals surface area contributed by atoms with Crippen LogP contribution in [-0.2, 0) is 0 Å². The summed E-state index contributed by atoms with van der Waals surface area (Å²) in [4.78, 5) is 11.2. The molecule has 1 aliphatic rings. The Bertz CT molecular complexity index is 372. The molecule has 0 unspecified atom stereocenters. The lowest BCUT2D eigenvalue weighted by Crippen LogP contribution is -2.23. The maximum atomic E-state index is 11.2. The summed E-state index contributed by atoms with van der Waals surface area (Å²) >= 11 is 0. The molecule has 0 aromatic heterocycles. The Hall–Kier alpha value is -1.35. The number of nitrogens with one attached hydrogen (secondary N) is 2. The molecule has 0 aliphatic heterocycles. The maximum Gasteiger partial charge on any atom is 0.159 e. The van der Waals surface area contributed by atoms with Crippen LogP contribution in [0.4, 0.5) is 5.69 Å². The van der Waals surface area contributed by atoms with E-state index in [9.17, 15) is 4.79 Å². The normalized spacial score (nSPS) is 14.8. The quantitative estimate of drug-likeness (QED) is 0.567. The van der Waals surface area contributed by atoms with E-state index in [4.69, 9.17) is 0 Å². The molecule has 16 heavy (non-hydrogen) atoms. The predicted molar refractivity (Wildman–Crippen MR) is 66.0 cm³/mol. The van der Waals surface area contributed by atoms with Gasteiger partial charge in [0.25, 0.3) is 0 Å². The van der Waals surface area contributed by atoms with Crippen molar-refractivity contribution in [2.45, 2.75) is 25.8 Å². The first-order valence-electron chi connectivity index (χ1n) is 5.84. The number of benzene rings is 1. The molecular weight excluding hydrogens is 200 g/mol. The molecule has 2 rings (SSSR count). The molecular formula is C13H18N2O. The Morgan fingerprint density at radius 2 is 2.19 bits per heavy atom. The highest BCUT2D eigenvalue weighted by atomic mass is 16.1. The van der Waals surface area contributed by atoms with Gasteiger partial charge in [-0.25, -0.2) is 0 Å². The minimum absolute atomic E-state index is 0.111. The first-order valence-corrected chi connectivity index (χ1v) is 5.84. The van der Waals surface area contributed by atoms with Gasteiger partial charge in [0.2, 0.25) is 0 Å². The third-order valence-corrected chi connectivity index (χ3v) is 2.73. The molecule has 3 heteroatoms. The highest BCUT2D eigenvalue weighted by molar-refractivity contribution is 5.94. The average Bonchev–Trinajstić information content (AvgIpc) is 3.09. The molecule has 0 radical (unpaired) electrons.